The quantitative estimate of drug-likeness (QED) is 0.673. The summed E-state index contributed by atoms with van der Waals surface area (Å²) in [6.45, 7) is 5.66. The number of para-hydroxylation sites is 1. The van der Waals surface area contributed by atoms with Crippen LogP contribution in [0.5, 0.6) is 0 Å². The molecule has 0 bridgehead atoms. The van der Waals surface area contributed by atoms with Crippen molar-refractivity contribution in [1.29, 1.82) is 0 Å². The standard InChI is InChI=1S/C9H18N2.C9H7N.HNO3/c1-4-5-6-11-8-7-10(3)9(11)2;1-2-6-9-8(4-1)5-3-7-10-9;2-1(3)4/h7-9H,4-6H2,1-3H3;1-7H;(H,2,3,4). The molecule has 0 spiro atoms. The Morgan fingerprint density at radius 3 is 2.44 bits per heavy atom. The van der Waals surface area contributed by atoms with Crippen LogP contribution in [0.25, 0.3) is 10.9 Å². The summed E-state index contributed by atoms with van der Waals surface area (Å²) in [4.78, 5) is 17.2. The number of unbranched alkanes of at least 4 members (excludes halogenated alkanes) is 1. The lowest BCUT2D eigenvalue weighted by Crippen LogP contribution is -2.33. The fourth-order valence-corrected chi connectivity index (χ4v) is 2.29. The van der Waals surface area contributed by atoms with Gasteiger partial charge in [0.2, 0.25) is 0 Å². The third-order valence-electron chi connectivity index (χ3n) is 3.84. The molecule has 2 heterocycles. The minimum Gasteiger partial charge on any atom is -0.359 e. The van der Waals surface area contributed by atoms with Crippen LogP contribution >= 0.6 is 0 Å². The maximum atomic E-state index is 8.36. The van der Waals surface area contributed by atoms with Gasteiger partial charge in [-0.2, -0.15) is 0 Å². The lowest BCUT2D eigenvalue weighted by Gasteiger charge is -2.26. The smallest absolute Gasteiger partial charge is 0.291 e. The number of rotatable bonds is 3. The Morgan fingerprint density at radius 1 is 1.24 bits per heavy atom. The molecule has 0 amide bonds. The number of benzene rings is 1. The monoisotopic (exact) mass is 346 g/mol. The molecule has 0 saturated heterocycles. The van der Waals surface area contributed by atoms with Crippen molar-refractivity contribution in [2.45, 2.75) is 32.9 Å². The minimum atomic E-state index is -1.50. The Labute approximate surface area is 148 Å². The van der Waals surface area contributed by atoms with Crippen LogP contribution in [0.4, 0.5) is 0 Å². The first-order valence-electron chi connectivity index (χ1n) is 8.24. The maximum absolute atomic E-state index is 8.36. The second-order valence-electron chi connectivity index (χ2n) is 5.62. The predicted molar refractivity (Wildman–Crippen MR) is 98.5 cm³/mol. The molecular weight excluding hydrogens is 320 g/mol. The van der Waals surface area contributed by atoms with Gasteiger partial charge in [-0.15, -0.1) is 10.1 Å². The molecule has 7 heteroatoms. The topological polar surface area (TPSA) is 82.7 Å². The van der Waals surface area contributed by atoms with Crippen LogP contribution in [0.1, 0.15) is 26.7 Å². The summed E-state index contributed by atoms with van der Waals surface area (Å²) in [6, 6.07) is 12.1. The van der Waals surface area contributed by atoms with Gasteiger partial charge in [-0.1, -0.05) is 37.6 Å². The molecule has 0 fully saturated rings. The second kappa shape index (κ2) is 10.9. The van der Waals surface area contributed by atoms with E-state index in [2.05, 4.69) is 60.2 Å². The van der Waals surface area contributed by atoms with Crippen molar-refractivity contribution in [2.75, 3.05) is 13.6 Å². The van der Waals surface area contributed by atoms with E-state index in [1.807, 2.05) is 30.5 Å². The third-order valence-corrected chi connectivity index (χ3v) is 3.84. The Kier molecular flexibility index (Phi) is 8.78. The number of hydrogen-bond acceptors (Lipinski definition) is 5. The van der Waals surface area contributed by atoms with Crippen molar-refractivity contribution in [3.63, 3.8) is 0 Å². The highest BCUT2D eigenvalue weighted by atomic mass is 16.9. The second-order valence-corrected chi connectivity index (χ2v) is 5.62. The molecule has 3 rings (SSSR count). The van der Waals surface area contributed by atoms with Gasteiger partial charge in [-0.25, -0.2) is 0 Å². The van der Waals surface area contributed by atoms with E-state index < -0.39 is 5.09 Å². The SMILES string of the molecule is CCCCN1C=CN(C)C1C.O=[N+]([O-])O.c1ccc2ncccc2c1. The molecule has 1 unspecified atom stereocenters. The summed E-state index contributed by atoms with van der Waals surface area (Å²) in [5.41, 5.74) is 1.06. The molecule has 1 aromatic heterocycles. The van der Waals surface area contributed by atoms with Crippen molar-refractivity contribution in [3.8, 4) is 0 Å². The Bertz CT molecular complexity index is 609. The normalized spacial score (nSPS) is 15.2. The van der Waals surface area contributed by atoms with Crippen LogP contribution < -0.4 is 0 Å². The zero-order valence-electron chi connectivity index (χ0n) is 14.9. The zero-order chi connectivity index (χ0) is 18.7. The average molecular weight is 346 g/mol. The molecule has 0 radical (unpaired) electrons. The number of nitrogens with zero attached hydrogens (tertiary/aromatic N) is 4. The fraction of sp³-hybridized carbons (Fsp3) is 0.389. The first kappa shape index (κ1) is 20.2. The lowest BCUT2D eigenvalue weighted by molar-refractivity contribution is -0.742. The van der Waals surface area contributed by atoms with Gasteiger partial charge in [-0.05, 0) is 25.5 Å². The number of aromatic nitrogens is 1. The molecule has 1 aliphatic rings. The summed E-state index contributed by atoms with van der Waals surface area (Å²) in [7, 11) is 2.12. The van der Waals surface area contributed by atoms with Gasteiger partial charge in [0.05, 0.1) is 11.7 Å². The van der Waals surface area contributed by atoms with Gasteiger partial charge in [0.15, 0.2) is 0 Å². The van der Waals surface area contributed by atoms with E-state index in [1.165, 1.54) is 24.8 Å². The third kappa shape index (κ3) is 7.52. The maximum Gasteiger partial charge on any atom is 0.291 e. The molecule has 1 aromatic carbocycles. The molecule has 136 valence electrons. The van der Waals surface area contributed by atoms with E-state index in [0.717, 1.165) is 5.52 Å². The fourth-order valence-electron chi connectivity index (χ4n) is 2.29. The largest absolute Gasteiger partial charge is 0.359 e. The van der Waals surface area contributed by atoms with Crippen molar-refractivity contribution in [1.82, 2.24) is 14.8 Å². The average Bonchev–Trinajstić information content (AvgIpc) is 2.92. The van der Waals surface area contributed by atoms with E-state index in [9.17, 15) is 0 Å². The highest BCUT2D eigenvalue weighted by Crippen LogP contribution is 2.13. The molecule has 0 saturated carbocycles. The van der Waals surface area contributed by atoms with Gasteiger partial charge in [-0.3, -0.25) is 4.98 Å². The molecule has 2 aromatic rings. The summed E-state index contributed by atoms with van der Waals surface area (Å²) >= 11 is 0. The molecule has 1 aliphatic heterocycles. The Balaban J connectivity index is 0.000000208. The van der Waals surface area contributed by atoms with Gasteiger partial charge in [0.25, 0.3) is 5.09 Å². The van der Waals surface area contributed by atoms with Crippen LogP contribution in [-0.2, 0) is 0 Å². The molecular formula is C18H26N4O3. The van der Waals surface area contributed by atoms with Crippen LogP contribution in [0, 0.1) is 10.1 Å². The lowest BCUT2D eigenvalue weighted by atomic mass is 10.2. The highest BCUT2D eigenvalue weighted by molar-refractivity contribution is 5.77. The number of hydrogen-bond donors (Lipinski definition) is 1. The van der Waals surface area contributed by atoms with E-state index >= 15 is 0 Å². The van der Waals surface area contributed by atoms with E-state index in [4.69, 9.17) is 15.3 Å². The molecule has 7 nitrogen and oxygen atoms in total. The zero-order valence-corrected chi connectivity index (χ0v) is 14.9. The molecule has 1 N–H and O–H groups in total. The van der Waals surface area contributed by atoms with E-state index in [1.54, 1.807) is 0 Å². The minimum absolute atomic E-state index is 0.557. The predicted octanol–water partition coefficient (Wildman–Crippen LogP) is 3.74. The summed E-state index contributed by atoms with van der Waals surface area (Å²) in [5.74, 6) is 0. The van der Waals surface area contributed by atoms with Crippen molar-refractivity contribution in [3.05, 3.63) is 65.1 Å². The van der Waals surface area contributed by atoms with Crippen molar-refractivity contribution < 1.29 is 10.3 Å². The Morgan fingerprint density at radius 2 is 1.88 bits per heavy atom. The van der Waals surface area contributed by atoms with E-state index in [-0.39, 0.29) is 0 Å². The van der Waals surface area contributed by atoms with Crippen LogP contribution in [0.3, 0.4) is 0 Å². The van der Waals surface area contributed by atoms with Gasteiger partial charge >= 0.3 is 0 Å². The summed E-state index contributed by atoms with van der Waals surface area (Å²) in [6.07, 6.45) is 9.26. The molecule has 25 heavy (non-hydrogen) atoms. The summed E-state index contributed by atoms with van der Waals surface area (Å²) < 4.78 is 0. The van der Waals surface area contributed by atoms with Crippen molar-refractivity contribution >= 4 is 10.9 Å². The van der Waals surface area contributed by atoms with Crippen LogP contribution in [0.2, 0.25) is 0 Å². The summed E-state index contributed by atoms with van der Waals surface area (Å²) in [5, 5.41) is 14.8. The van der Waals surface area contributed by atoms with Gasteiger partial charge in [0, 0.05) is 37.6 Å². The number of fused-ring (bicyclic) bond motifs is 1. The van der Waals surface area contributed by atoms with Crippen LogP contribution in [0.15, 0.2) is 55.0 Å². The van der Waals surface area contributed by atoms with E-state index in [0.29, 0.717) is 6.17 Å². The molecule has 0 aliphatic carbocycles. The van der Waals surface area contributed by atoms with Crippen LogP contribution in [-0.4, -0.2) is 44.8 Å². The first-order valence-corrected chi connectivity index (χ1v) is 8.24. The Hall–Kier alpha value is -2.83. The van der Waals surface area contributed by atoms with Gasteiger partial charge < -0.3 is 15.0 Å². The molecule has 1 atom stereocenters. The number of pyridine rings is 1. The van der Waals surface area contributed by atoms with Gasteiger partial charge in [0.1, 0.15) is 0 Å². The first-order chi connectivity index (χ1) is 12.0. The van der Waals surface area contributed by atoms with Crippen molar-refractivity contribution in [2.24, 2.45) is 0 Å². The highest BCUT2D eigenvalue weighted by Gasteiger charge is 2.16.